The number of halogens is 2. The summed E-state index contributed by atoms with van der Waals surface area (Å²) < 4.78 is 37.8. The van der Waals surface area contributed by atoms with Gasteiger partial charge in [0.25, 0.3) is 0 Å². The van der Waals surface area contributed by atoms with E-state index in [1.165, 1.54) is 0 Å². The zero-order chi connectivity index (χ0) is 13.7. The number of phenols is 1. The molecule has 6 heteroatoms. The highest BCUT2D eigenvalue weighted by atomic mass is 19.1. The standard InChI is InChI=1S/C12H15BF2O3/c1-11(2)12(3,4)18-13(17-11)10-8(15)5-7(14)6-9(10)16/h5-6,16H,1-4H3. The lowest BCUT2D eigenvalue weighted by Crippen LogP contribution is -2.41. The van der Waals surface area contributed by atoms with Crippen LogP contribution in [0.4, 0.5) is 8.78 Å². The minimum absolute atomic E-state index is 0.171. The molecule has 18 heavy (non-hydrogen) atoms. The van der Waals surface area contributed by atoms with Crippen molar-refractivity contribution >= 4 is 12.6 Å². The van der Waals surface area contributed by atoms with Gasteiger partial charge in [0.05, 0.1) is 16.7 Å². The van der Waals surface area contributed by atoms with Gasteiger partial charge in [0.15, 0.2) is 0 Å². The van der Waals surface area contributed by atoms with Crippen LogP contribution >= 0.6 is 0 Å². The molecule has 0 aromatic heterocycles. The second-order valence-corrected chi connectivity index (χ2v) is 5.41. The molecular weight excluding hydrogens is 241 g/mol. The molecule has 1 aromatic carbocycles. The summed E-state index contributed by atoms with van der Waals surface area (Å²) in [6.45, 7) is 7.24. The molecule has 0 atom stereocenters. The third-order valence-electron chi connectivity index (χ3n) is 3.56. The van der Waals surface area contributed by atoms with E-state index in [1.54, 1.807) is 0 Å². The summed E-state index contributed by atoms with van der Waals surface area (Å²) in [6.07, 6.45) is 0. The Morgan fingerprint density at radius 2 is 1.56 bits per heavy atom. The molecule has 0 bridgehead atoms. The number of benzene rings is 1. The van der Waals surface area contributed by atoms with Crippen LogP contribution in [-0.2, 0) is 9.31 Å². The van der Waals surface area contributed by atoms with Crippen LogP contribution in [0.3, 0.4) is 0 Å². The van der Waals surface area contributed by atoms with E-state index in [0.717, 1.165) is 6.07 Å². The van der Waals surface area contributed by atoms with Crippen LogP contribution in [0.25, 0.3) is 0 Å². The van der Waals surface area contributed by atoms with E-state index >= 15 is 0 Å². The van der Waals surface area contributed by atoms with Crippen molar-refractivity contribution in [2.75, 3.05) is 0 Å². The van der Waals surface area contributed by atoms with Crippen molar-refractivity contribution in [3.8, 4) is 5.75 Å². The molecule has 1 aliphatic heterocycles. The van der Waals surface area contributed by atoms with Gasteiger partial charge >= 0.3 is 7.12 Å². The van der Waals surface area contributed by atoms with Gasteiger partial charge in [-0.05, 0) is 27.7 Å². The molecular formula is C12H15BF2O3. The van der Waals surface area contributed by atoms with Crippen LogP contribution in [0, 0.1) is 11.6 Å². The SMILES string of the molecule is CC1(C)OB(c2c(O)cc(F)cc2F)OC1(C)C. The Morgan fingerprint density at radius 1 is 1.06 bits per heavy atom. The minimum Gasteiger partial charge on any atom is -0.508 e. The quantitative estimate of drug-likeness (QED) is 0.780. The van der Waals surface area contributed by atoms with Gasteiger partial charge in [-0.1, -0.05) is 0 Å². The summed E-state index contributed by atoms with van der Waals surface area (Å²) in [4.78, 5) is 0. The van der Waals surface area contributed by atoms with Gasteiger partial charge in [-0.25, -0.2) is 8.78 Å². The first-order chi connectivity index (χ1) is 8.14. The summed E-state index contributed by atoms with van der Waals surface area (Å²) in [5.41, 5.74) is -1.47. The molecule has 1 heterocycles. The zero-order valence-electron chi connectivity index (χ0n) is 10.8. The molecule has 0 amide bonds. The third-order valence-corrected chi connectivity index (χ3v) is 3.56. The fourth-order valence-corrected chi connectivity index (χ4v) is 1.77. The monoisotopic (exact) mass is 256 g/mol. The van der Waals surface area contributed by atoms with E-state index in [9.17, 15) is 13.9 Å². The number of hydrogen-bond acceptors (Lipinski definition) is 3. The van der Waals surface area contributed by atoms with E-state index in [-0.39, 0.29) is 5.46 Å². The molecule has 0 aliphatic carbocycles. The first-order valence-electron chi connectivity index (χ1n) is 5.67. The Kier molecular flexibility index (Phi) is 2.90. The van der Waals surface area contributed by atoms with Gasteiger partial charge in [0, 0.05) is 12.1 Å². The van der Waals surface area contributed by atoms with Crippen LogP contribution in [0.1, 0.15) is 27.7 Å². The van der Waals surface area contributed by atoms with Crippen LogP contribution in [0.2, 0.25) is 0 Å². The van der Waals surface area contributed by atoms with Crippen molar-refractivity contribution in [2.24, 2.45) is 0 Å². The van der Waals surface area contributed by atoms with Gasteiger partial charge < -0.3 is 14.4 Å². The molecule has 0 radical (unpaired) electrons. The molecule has 1 N–H and O–H groups in total. The fraction of sp³-hybridized carbons (Fsp3) is 0.500. The molecule has 3 nitrogen and oxygen atoms in total. The zero-order valence-corrected chi connectivity index (χ0v) is 10.8. The van der Waals surface area contributed by atoms with Crippen molar-refractivity contribution in [3.63, 3.8) is 0 Å². The number of rotatable bonds is 1. The second kappa shape index (κ2) is 3.93. The molecule has 2 rings (SSSR count). The van der Waals surface area contributed by atoms with E-state index in [2.05, 4.69) is 0 Å². The van der Waals surface area contributed by atoms with Crippen molar-refractivity contribution < 1.29 is 23.2 Å². The van der Waals surface area contributed by atoms with Crippen LogP contribution in [-0.4, -0.2) is 23.4 Å². The Morgan fingerprint density at radius 3 is 2.00 bits per heavy atom. The predicted octanol–water partition coefficient (Wildman–Crippen LogP) is 1.97. The maximum atomic E-state index is 13.7. The van der Waals surface area contributed by atoms with Crippen LogP contribution in [0.5, 0.6) is 5.75 Å². The van der Waals surface area contributed by atoms with Crippen LogP contribution < -0.4 is 5.46 Å². The first-order valence-corrected chi connectivity index (χ1v) is 5.67. The smallest absolute Gasteiger partial charge is 0.501 e. The van der Waals surface area contributed by atoms with E-state index in [1.807, 2.05) is 27.7 Å². The molecule has 1 saturated heterocycles. The van der Waals surface area contributed by atoms with Crippen molar-refractivity contribution in [1.82, 2.24) is 0 Å². The molecule has 0 spiro atoms. The summed E-state index contributed by atoms with van der Waals surface area (Å²) in [5, 5.41) is 9.63. The Bertz CT molecular complexity index is 449. The number of aromatic hydroxyl groups is 1. The Balaban J connectivity index is 2.42. The lowest BCUT2D eigenvalue weighted by Gasteiger charge is -2.32. The topological polar surface area (TPSA) is 38.7 Å². The summed E-state index contributed by atoms with van der Waals surface area (Å²) in [5.74, 6) is -2.23. The van der Waals surface area contributed by atoms with Gasteiger partial charge in [0.2, 0.25) is 0 Å². The highest BCUT2D eigenvalue weighted by Crippen LogP contribution is 2.37. The molecule has 0 unspecified atom stereocenters. The van der Waals surface area contributed by atoms with Gasteiger partial charge in [-0.15, -0.1) is 0 Å². The second-order valence-electron chi connectivity index (χ2n) is 5.41. The average Bonchev–Trinajstić information content (AvgIpc) is 2.32. The first kappa shape index (κ1) is 13.3. The van der Waals surface area contributed by atoms with Crippen LogP contribution in [0.15, 0.2) is 12.1 Å². The van der Waals surface area contributed by atoms with Gasteiger partial charge in [0.1, 0.15) is 17.4 Å². The lowest BCUT2D eigenvalue weighted by atomic mass is 9.78. The van der Waals surface area contributed by atoms with Gasteiger partial charge in [-0.3, -0.25) is 0 Å². The maximum absolute atomic E-state index is 13.7. The van der Waals surface area contributed by atoms with E-state index in [0.29, 0.717) is 6.07 Å². The Hall–Kier alpha value is -1.14. The number of phenolic OH excluding ortho intramolecular Hbond substituents is 1. The molecule has 1 fully saturated rings. The van der Waals surface area contributed by atoms with Crippen molar-refractivity contribution in [3.05, 3.63) is 23.8 Å². The van der Waals surface area contributed by atoms with E-state index < -0.39 is 35.7 Å². The lowest BCUT2D eigenvalue weighted by molar-refractivity contribution is 0.00578. The maximum Gasteiger partial charge on any atom is 0.501 e. The number of hydrogen-bond donors (Lipinski definition) is 1. The van der Waals surface area contributed by atoms with Gasteiger partial charge in [-0.2, -0.15) is 0 Å². The minimum atomic E-state index is -1.05. The highest BCUT2D eigenvalue weighted by Gasteiger charge is 2.53. The summed E-state index contributed by atoms with van der Waals surface area (Å²) in [7, 11) is -1.05. The van der Waals surface area contributed by atoms with E-state index in [4.69, 9.17) is 9.31 Å². The normalized spacial score (nSPS) is 21.3. The molecule has 1 aromatic rings. The molecule has 98 valence electrons. The van der Waals surface area contributed by atoms with Crippen molar-refractivity contribution in [2.45, 2.75) is 38.9 Å². The Labute approximate surface area is 105 Å². The molecule has 1 aliphatic rings. The van der Waals surface area contributed by atoms with Crippen molar-refractivity contribution in [1.29, 1.82) is 0 Å². The fourth-order valence-electron chi connectivity index (χ4n) is 1.77. The largest absolute Gasteiger partial charge is 0.508 e. The summed E-state index contributed by atoms with van der Waals surface area (Å²) >= 11 is 0. The predicted molar refractivity (Wildman–Crippen MR) is 63.7 cm³/mol. The average molecular weight is 256 g/mol. The third kappa shape index (κ3) is 1.99. The summed E-state index contributed by atoms with van der Waals surface area (Å²) in [6, 6.07) is 1.53. The highest BCUT2D eigenvalue weighted by molar-refractivity contribution is 6.63. The molecule has 0 saturated carbocycles.